The number of carbonyl (C=O) groups excluding carboxylic acids is 1. The maximum atomic E-state index is 12.1. The Bertz CT molecular complexity index is 425. The van der Waals surface area contributed by atoms with Crippen LogP contribution in [0.1, 0.15) is 12.8 Å². The van der Waals surface area contributed by atoms with Gasteiger partial charge >= 0.3 is 6.03 Å². The molecule has 0 aliphatic carbocycles. The molecule has 5 heteroatoms. The summed E-state index contributed by atoms with van der Waals surface area (Å²) in [4.78, 5) is 13.8. The van der Waals surface area contributed by atoms with Crippen molar-refractivity contribution in [3.05, 3.63) is 28.7 Å². The monoisotopic (exact) mass is 312 g/mol. The number of nitrogens with zero attached hydrogens (tertiary/aromatic N) is 1. The van der Waals surface area contributed by atoms with E-state index in [0.717, 1.165) is 29.5 Å². The minimum absolute atomic E-state index is 0.0914. The van der Waals surface area contributed by atoms with Crippen molar-refractivity contribution in [2.24, 2.45) is 5.92 Å². The number of hydrogen-bond acceptors (Lipinski definition) is 2. The lowest BCUT2D eigenvalue weighted by Crippen LogP contribution is -2.43. The molecule has 4 nitrogen and oxygen atoms in total. The smallest absolute Gasteiger partial charge is 0.321 e. The van der Waals surface area contributed by atoms with Gasteiger partial charge < -0.3 is 15.3 Å². The first-order valence-electron chi connectivity index (χ1n) is 6.11. The van der Waals surface area contributed by atoms with Crippen LogP contribution in [-0.2, 0) is 0 Å². The lowest BCUT2D eigenvalue weighted by atomic mass is 9.99. The van der Waals surface area contributed by atoms with Crippen LogP contribution in [0.15, 0.2) is 28.7 Å². The zero-order chi connectivity index (χ0) is 13.0. The lowest BCUT2D eigenvalue weighted by Gasteiger charge is -2.31. The van der Waals surface area contributed by atoms with Gasteiger partial charge in [-0.1, -0.05) is 22.0 Å². The van der Waals surface area contributed by atoms with Gasteiger partial charge in [-0.25, -0.2) is 4.79 Å². The summed E-state index contributed by atoms with van der Waals surface area (Å²) in [7, 11) is 0. The number of benzene rings is 1. The summed E-state index contributed by atoms with van der Waals surface area (Å²) in [5.41, 5.74) is 0.778. The lowest BCUT2D eigenvalue weighted by molar-refractivity contribution is 0.136. The van der Waals surface area contributed by atoms with E-state index in [1.54, 1.807) is 4.90 Å². The van der Waals surface area contributed by atoms with Gasteiger partial charge in [-0.05, 0) is 37.0 Å². The number of nitrogens with one attached hydrogen (secondary N) is 1. The van der Waals surface area contributed by atoms with E-state index in [1.165, 1.54) is 0 Å². The number of aliphatic hydroxyl groups is 1. The zero-order valence-electron chi connectivity index (χ0n) is 10.1. The van der Waals surface area contributed by atoms with Crippen LogP contribution in [0.4, 0.5) is 10.5 Å². The minimum atomic E-state index is -0.0914. The number of amides is 2. The highest BCUT2D eigenvalue weighted by molar-refractivity contribution is 9.10. The standard InChI is InChI=1S/C13H17BrN2O2/c14-11-4-1-5-12(7-11)15-13(18)16-6-2-3-10(8-16)9-17/h1,4-5,7,10,17H,2-3,6,8-9H2,(H,15,18). The number of aliphatic hydroxyl groups excluding tert-OH is 1. The second kappa shape index (κ2) is 6.20. The van der Waals surface area contributed by atoms with Crippen molar-refractivity contribution >= 4 is 27.6 Å². The van der Waals surface area contributed by atoms with E-state index >= 15 is 0 Å². The average molecular weight is 313 g/mol. The molecule has 2 amide bonds. The van der Waals surface area contributed by atoms with Crippen molar-refractivity contribution in [1.29, 1.82) is 0 Å². The molecule has 0 bridgehead atoms. The predicted molar refractivity (Wildman–Crippen MR) is 74.5 cm³/mol. The molecule has 0 saturated carbocycles. The molecule has 2 N–H and O–H groups in total. The average Bonchev–Trinajstić information content (AvgIpc) is 2.39. The number of urea groups is 1. The molecular weight excluding hydrogens is 296 g/mol. The van der Waals surface area contributed by atoms with Crippen LogP contribution < -0.4 is 5.32 Å². The summed E-state index contributed by atoms with van der Waals surface area (Å²) in [6, 6.07) is 7.43. The Kier molecular flexibility index (Phi) is 4.60. The zero-order valence-corrected chi connectivity index (χ0v) is 11.7. The van der Waals surface area contributed by atoms with Crippen molar-refractivity contribution in [2.45, 2.75) is 12.8 Å². The van der Waals surface area contributed by atoms with Gasteiger partial charge in [0.15, 0.2) is 0 Å². The van der Waals surface area contributed by atoms with E-state index in [2.05, 4.69) is 21.2 Å². The van der Waals surface area contributed by atoms with E-state index in [4.69, 9.17) is 5.11 Å². The molecule has 98 valence electrons. The molecule has 1 unspecified atom stereocenters. The molecule has 1 aromatic rings. The SMILES string of the molecule is O=C(Nc1cccc(Br)c1)N1CCCC(CO)C1. The molecule has 0 aromatic heterocycles. The Hall–Kier alpha value is -1.07. The van der Waals surface area contributed by atoms with Gasteiger partial charge in [0.05, 0.1) is 0 Å². The fraction of sp³-hybridized carbons (Fsp3) is 0.462. The minimum Gasteiger partial charge on any atom is -0.396 e. The molecule has 18 heavy (non-hydrogen) atoms. The highest BCUT2D eigenvalue weighted by Crippen LogP contribution is 2.19. The highest BCUT2D eigenvalue weighted by Gasteiger charge is 2.22. The van der Waals surface area contributed by atoms with Crippen LogP contribution >= 0.6 is 15.9 Å². The molecule has 2 rings (SSSR count). The second-order valence-electron chi connectivity index (χ2n) is 4.58. The van der Waals surface area contributed by atoms with Gasteiger partial charge in [0.2, 0.25) is 0 Å². The summed E-state index contributed by atoms with van der Waals surface area (Å²) in [5, 5.41) is 12.0. The predicted octanol–water partition coefficient (Wildman–Crippen LogP) is 2.69. The van der Waals surface area contributed by atoms with E-state index < -0.39 is 0 Å². The molecule has 1 atom stereocenters. The van der Waals surface area contributed by atoms with Crippen LogP contribution in [0, 0.1) is 5.92 Å². The van der Waals surface area contributed by atoms with Crippen molar-refractivity contribution in [2.75, 3.05) is 25.0 Å². The van der Waals surface area contributed by atoms with Crippen LogP contribution in [0.25, 0.3) is 0 Å². The number of likely N-dealkylation sites (tertiary alicyclic amines) is 1. The Balaban J connectivity index is 1.95. The summed E-state index contributed by atoms with van der Waals surface area (Å²) < 4.78 is 0.937. The van der Waals surface area contributed by atoms with E-state index in [0.29, 0.717) is 6.54 Å². The first kappa shape index (κ1) is 13.4. The Morgan fingerprint density at radius 1 is 1.56 bits per heavy atom. The molecule has 1 saturated heterocycles. The van der Waals surface area contributed by atoms with Gasteiger partial charge in [-0.15, -0.1) is 0 Å². The molecule has 1 fully saturated rings. The van der Waals surface area contributed by atoms with Crippen molar-refractivity contribution in [1.82, 2.24) is 4.90 Å². The van der Waals surface area contributed by atoms with Crippen molar-refractivity contribution in [3.8, 4) is 0 Å². The van der Waals surface area contributed by atoms with Crippen LogP contribution in [-0.4, -0.2) is 35.7 Å². The molecule has 0 spiro atoms. The number of anilines is 1. The maximum Gasteiger partial charge on any atom is 0.321 e. The number of hydrogen-bond donors (Lipinski definition) is 2. The third-order valence-electron chi connectivity index (χ3n) is 3.14. The third-order valence-corrected chi connectivity index (χ3v) is 3.63. The Morgan fingerprint density at radius 3 is 3.11 bits per heavy atom. The number of halogens is 1. The largest absolute Gasteiger partial charge is 0.396 e. The first-order chi connectivity index (χ1) is 8.69. The van der Waals surface area contributed by atoms with Gasteiger partial charge in [-0.3, -0.25) is 0 Å². The third kappa shape index (κ3) is 3.46. The topological polar surface area (TPSA) is 52.6 Å². The number of carbonyl (C=O) groups is 1. The van der Waals surface area contributed by atoms with Gasteiger partial charge in [0, 0.05) is 29.9 Å². The molecule has 1 aliphatic rings. The van der Waals surface area contributed by atoms with E-state index in [9.17, 15) is 4.79 Å². The fourth-order valence-electron chi connectivity index (χ4n) is 2.17. The van der Waals surface area contributed by atoms with E-state index in [-0.39, 0.29) is 18.6 Å². The van der Waals surface area contributed by atoms with Gasteiger partial charge in [-0.2, -0.15) is 0 Å². The van der Waals surface area contributed by atoms with Crippen LogP contribution in [0.3, 0.4) is 0 Å². The quantitative estimate of drug-likeness (QED) is 0.882. The van der Waals surface area contributed by atoms with Crippen LogP contribution in [0.5, 0.6) is 0 Å². The normalized spacial score (nSPS) is 19.7. The maximum absolute atomic E-state index is 12.1. The summed E-state index contributed by atoms with van der Waals surface area (Å²) in [6.07, 6.45) is 1.95. The number of piperidine rings is 1. The second-order valence-corrected chi connectivity index (χ2v) is 5.49. The van der Waals surface area contributed by atoms with Gasteiger partial charge in [0.1, 0.15) is 0 Å². The molecule has 0 radical (unpaired) electrons. The van der Waals surface area contributed by atoms with E-state index in [1.807, 2.05) is 24.3 Å². The fourth-order valence-corrected chi connectivity index (χ4v) is 2.57. The number of rotatable bonds is 2. The summed E-state index contributed by atoms with van der Waals surface area (Å²) in [6.45, 7) is 1.55. The molecular formula is C13H17BrN2O2. The van der Waals surface area contributed by atoms with Gasteiger partial charge in [0.25, 0.3) is 0 Å². The van der Waals surface area contributed by atoms with Crippen molar-refractivity contribution in [3.63, 3.8) is 0 Å². The first-order valence-corrected chi connectivity index (χ1v) is 6.90. The highest BCUT2D eigenvalue weighted by atomic mass is 79.9. The van der Waals surface area contributed by atoms with Crippen molar-refractivity contribution < 1.29 is 9.90 Å². The van der Waals surface area contributed by atoms with Crippen LogP contribution in [0.2, 0.25) is 0 Å². The molecule has 1 heterocycles. The summed E-state index contributed by atoms with van der Waals surface area (Å²) in [5.74, 6) is 0.215. The molecule has 1 aliphatic heterocycles. The Labute approximate surface area is 115 Å². The molecule has 1 aromatic carbocycles. The summed E-state index contributed by atoms with van der Waals surface area (Å²) >= 11 is 3.37. The Morgan fingerprint density at radius 2 is 2.39 bits per heavy atom.